The van der Waals surface area contributed by atoms with Gasteiger partial charge in [0.15, 0.2) is 0 Å². The van der Waals surface area contributed by atoms with Gasteiger partial charge in [-0.2, -0.15) is 0 Å². The summed E-state index contributed by atoms with van der Waals surface area (Å²) in [5, 5.41) is 0. The Kier molecular flexibility index (Phi) is 3.76. The van der Waals surface area contributed by atoms with E-state index in [1.807, 2.05) is 6.07 Å². The van der Waals surface area contributed by atoms with Crippen molar-refractivity contribution < 1.29 is 0 Å². The average molecular weight is 259 g/mol. The number of hydrogen-bond acceptors (Lipinski definition) is 3. The number of aryl methyl sites for hydroxylation is 1. The van der Waals surface area contributed by atoms with E-state index in [1.165, 1.54) is 56.6 Å². The van der Waals surface area contributed by atoms with Crippen LogP contribution in [0.15, 0.2) is 18.2 Å². The van der Waals surface area contributed by atoms with Crippen molar-refractivity contribution in [3.05, 3.63) is 29.3 Å². The van der Waals surface area contributed by atoms with E-state index in [4.69, 9.17) is 5.73 Å². The van der Waals surface area contributed by atoms with Crippen molar-refractivity contribution >= 4 is 5.69 Å². The first-order chi connectivity index (χ1) is 9.22. The molecule has 2 aliphatic heterocycles. The van der Waals surface area contributed by atoms with Gasteiger partial charge in [-0.05, 0) is 57.5 Å². The summed E-state index contributed by atoms with van der Waals surface area (Å²) in [5.41, 5.74) is 9.66. The minimum absolute atomic E-state index is 0.786. The molecule has 0 amide bonds. The van der Waals surface area contributed by atoms with E-state index in [0.717, 1.165) is 18.3 Å². The maximum atomic E-state index is 6.12. The van der Waals surface area contributed by atoms with Gasteiger partial charge in [0.2, 0.25) is 0 Å². The summed E-state index contributed by atoms with van der Waals surface area (Å²) in [5.74, 6) is 0. The number of benzene rings is 1. The van der Waals surface area contributed by atoms with Crippen molar-refractivity contribution in [3.63, 3.8) is 0 Å². The van der Waals surface area contributed by atoms with Crippen LogP contribution in [0.4, 0.5) is 5.69 Å². The molecule has 0 radical (unpaired) electrons. The lowest BCUT2D eigenvalue weighted by molar-refractivity contribution is 0.215. The highest BCUT2D eigenvalue weighted by Crippen LogP contribution is 2.23. The molecular weight excluding hydrogens is 234 g/mol. The third-order valence-electron chi connectivity index (χ3n) is 4.58. The molecule has 104 valence electrons. The second-order valence-electron chi connectivity index (χ2n) is 6.12. The van der Waals surface area contributed by atoms with Crippen molar-refractivity contribution in [1.29, 1.82) is 0 Å². The third-order valence-corrected chi connectivity index (χ3v) is 4.58. The number of anilines is 1. The van der Waals surface area contributed by atoms with Crippen molar-refractivity contribution in [1.82, 2.24) is 9.80 Å². The Bertz CT molecular complexity index is 444. The van der Waals surface area contributed by atoms with Crippen LogP contribution in [0.25, 0.3) is 0 Å². The Morgan fingerprint density at radius 3 is 2.95 bits per heavy atom. The molecule has 1 atom stereocenters. The van der Waals surface area contributed by atoms with E-state index in [1.54, 1.807) is 0 Å². The molecule has 0 bridgehead atoms. The largest absolute Gasteiger partial charge is 0.398 e. The predicted octanol–water partition coefficient (Wildman–Crippen LogP) is 2.25. The molecule has 19 heavy (non-hydrogen) atoms. The lowest BCUT2D eigenvalue weighted by Crippen LogP contribution is -2.36. The van der Waals surface area contributed by atoms with Gasteiger partial charge in [-0.1, -0.05) is 17.7 Å². The molecule has 3 heteroatoms. The molecule has 0 aromatic heterocycles. The van der Waals surface area contributed by atoms with Gasteiger partial charge in [-0.15, -0.1) is 0 Å². The SMILES string of the molecule is Cc1ccc(N)c(CN2CCCN3CCCC3C2)c1. The first-order valence-corrected chi connectivity index (χ1v) is 7.54. The standard InChI is InChI=1S/C16H25N3/c1-13-5-6-16(17)14(10-13)11-18-7-3-9-19-8-2-4-15(19)12-18/h5-6,10,15H,2-4,7-9,11-12,17H2,1H3. The van der Waals surface area contributed by atoms with Crippen LogP contribution >= 0.6 is 0 Å². The Balaban J connectivity index is 1.70. The predicted molar refractivity (Wildman–Crippen MR) is 80.1 cm³/mol. The van der Waals surface area contributed by atoms with Gasteiger partial charge < -0.3 is 5.73 Å². The maximum Gasteiger partial charge on any atom is 0.0359 e. The van der Waals surface area contributed by atoms with Crippen LogP contribution in [-0.2, 0) is 6.54 Å². The Morgan fingerprint density at radius 1 is 1.21 bits per heavy atom. The second-order valence-corrected chi connectivity index (χ2v) is 6.12. The zero-order valence-electron chi connectivity index (χ0n) is 11.9. The van der Waals surface area contributed by atoms with Crippen LogP contribution in [0.1, 0.15) is 30.4 Å². The van der Waals surface area contributed by atoms with Crippen LogP contribution < -0.4 is 5.73 Å². The molecule has 2 heterocycles. The lowest BCUT2D eigenvalue weighted by Gasteiger charge is -2.26. The van der Waals surface area contributed by atoms with Crippen molar-refractivity contribution in [2.24, 2.45) is 0 Å². The van der Waals surface area contributed by atoms with E-state index < -0.39 is 0 Å². The van der Waals surface area contributed by atoms with E-state index in [-0.39, 0.29) is 0 Å². The molecule has 2 N–H and O–H groups in total. The van der Waals surface area contributed by atoms with Crippen LogP contribution in [0.5, 0.6) is 0 Å². The summed E-state index contributed by atoms with van der Waals surface area (Å²) in [6.45, 7) is 8.17. The first-order valence-electron chi connectivity index (χ1n) is 7.54. The number of nitrogens with zero attached hydrogens (tertiary/aromatic N) is 2. The summed E-state index contributed by atoms with van der Waals surface area (Å²) in [4.78, 5) is 5.28. The normalized spacial score (nSPS) is 25.2. The van der Waals surface area contributed by atoms with Crippen molar-refractivity contribution in [2.45, 2.75) is 38.8 Å². The molecule has 0 spiro atoms. The van der Waals surface area contributed by atoms with Crippen LogP contribution in [0.3, 0.4) is 0 Å². The summed E-state index contributed by atoms with van der Waals surface area (Å²) >= 11 is 0. The van der Waals surface area contributed by atoms with Gasteiger partial charge in [0.1, 0.15) is 0 Å². The first kappa shape index (κ1) is 12.9. The summed E-state index contributed by atoms with van der Waals surface area (Å²) in [6.07, 6.45) is 4.05. The minimum Gasteiger partial charge on any atom is -0.398 e. The van der Waals surface area contributed by atoms with Crippen LogP contribution in [0, 0.1) is 6.92 Å². The summed E-state index contributed by atoms with van der Waals surface area (Å²) < 4.78 is 0. The number of hydrogen-bond donors (Lipinski definition) is 1. The Hall–Kier alpha value is -1.06. The lowest BCUT2D eigenvalue weighted by atomic mass is 10.1. The monoisotopic (exact) mass is 259 g/mol. The Morgan fingerprint density at radius 2 is 2.05 bits per heavy atom. The highest BCUT2D eigenvalue weighted by molar-refractivity contribution is 5.48. The molecular formula is C16H25N3. The molecule has 1 aromatic rings. The van der Waals surface area contributed by atoms with Gasteiger partial charge in [0, 0.05) is 24.8 Å². The van der Waals surface area contributed by atoms with Gasteiger partial charge in [-0.3, -0.25) is 9.80 Å². The van der Waals surface area contributed by atoms with E-state index >= 15 is 0 Å². The van der Waals surface area contributed by atoms with Gasteiger partial charge >= 0.3 is 0 Å². The highest BCUT2D eigenvalue weighted by atomic mass is 15.3. The number of nitrogen functional groups attached to an aromatic ring is 1. The minimum atomic E-state index is 0.786. The quantitative estimate of drug-likeness (QED) is 0.827. The smallest absolute Gasteiger partial charge is 0.0359 e. The molecule has 3 nitrogen and oxygen atoms in total. The molecule has 3 rings (SSSR count). The number of rotatable bonds is 2. The van der Waals surface area contributed by atoms with Gasteiger partial charge in [0.05, 0.1) is 0 Å². The van der Waals surface area contributed by atoms with Gasteiger partial charge in [-0.25, -0.2) is 0 Å². The fourth-order valence-corrected chi connectivity index (χ4v) is 3.54. The van der Waals surface area contributed by atoms with E-state index in [0.29, 0.717) is 0 Å². The average Bonchev–Trinajstić information content (AvgIpc) is 2.73. The summed E-state index contributed by atoms with van der Waals surface area (Å²) in [7, 11) is 0. The van der Waals surface area contributed by atoms with Crippen LogP contribution in [0.2, 0.25) is 0 Å². The maximum absolute atomic E-state index is 6.12. The number of nitrogens with two attached hydrogens (primary N) is 1. The molecule has 1 aromatic carbocycles. The second kappa shape index (κ2) is 5.51. The molecule has 0 aliphatic carbocycles. The van der Waals surface area contributed by atoms with Gasteiger partial charge in [0.25, 0.3) is 0 Å². The van der Waals surface area contributed by atoms with Crippen LogP contribution in [-0.4, -0.2) is 42.0 Å². The molecule has 2 aliphatic rings. The number of fused-ring (bicyclic) bond motifs is 1. The molecule has 2 fully saturated rings. The topological polar surface area (TPSA) is 32.5 Å². The fraction of sp³-hybridized carbons (Fsp3) is 0.625. The highest BCUT2D eigenvalue weighted by Gasteiger charge is 2.28. The fourth-order valence-electron chi connectivity index (χ4n) is 3.54. The summed E-state index contributed by atoms with van der Waals surface area (Å²) in [6, 6.07) is 7.17. The third kappa shape index (κ3) is 2.93. The van der Waals surface area contributed by atoms with E-state index in [9.17, 15) is 0 Å². The molecule has 0 saturated carbocycles. The zero-order chi connectivity index (χ0) is 13.2. The zero-order valence-corrected chi connectivity index (χ0v) is 11.9. The molecule has 2 saturated heterocycles. The van der Waals surface area contributed by atoms with Crippen molar-refractivity contribution in [2.75, 3.05) is 31.9 Å². The van der Waals surface area contributed by atoms with E-state index in [2.05, 4.69) is 28.9 Å². The Labute approximate surface area is 116 Å². The van der Waals surface area contributed by atoms with Crippen molar-refractivity contribution in [3.8, 4) is 0 Å². The molecule has 1 unspecified atom stereocenters.